The van der Waals surface area contributed by atoms with Crippen LogP contribution in [0.1, 0.15) is 42.6 Å². The molecular weight excluding hydrogens is 411 g/mol. The van der Waals surface area contributed by atoms with E-state index < -0.39 is 12.0 Å². The Bertz CT molecular complexity index is 1130. The van der Waals surface area contributed by atoms with Crippen molar-refractivity contribution >= 4 is 22.8 Å². The first kappa shape index (κ1) is 22.0. The molecule has 32 heavy (non-hydrogen) atoms. The van der Waals surface area contributed by atoms with E-state index >= 15 is 0 Å². The van der Waals surface area contributed by atoms with E-state index in [2.05, 4.69) is 5.32 Å². The zero-order chi connectivity index (χ0) is 22.7. The Morgan fingerprint density at radius 3 is 2.75 bits per heavy atom. The number of halogens is 1. The van der Waals surface area contributed by atoms with E-state index in [1.165, 1.54) is 12.1 Å². The van der Waals surface area contributed by atoms with Crippen molar-refractivity contribution in [3.8, 4) is 0 Å². The monoisotopic (exact) mass is 438 g/mol. The van der Waals surface area contributed by atoms with Gasteiger partial charge in [-0.3, -0.25) is 4.79 Å². The number of rotatable bonds is 8. The molecule has 0 spiro atoms. The maximum atomic E-state index is 14.0. The number of carboxylic acids is 1. The predicted molar refractivity (Wildman–Crippen MR) is 119 cm³/mol. The number of hydrogen-bond donors (Lipinski definition) is 2. The highest BCUT2D eigenvalue weighted by molar-refractivity contribution is 5.88. The molecule has 2 aromatic carbocycles. The van der Waals surface area contributed by atoms with Crippen molar-refractivity contribution in [1.29, 1.82) is 0 Å². The average Bonchev–Trinajstić information content (AvgIpc) is 3.10. The topological polar surface area (TPSA) is 80.6 Å². The van der Waals surface area contributed by atoms with Crippen LogP contribution in [-0.2, 0) is 33.8 Å². The molecule has 1 aromatic heterocycles. The Kier molecular flexibility index (Phi) is 6.55. The fourth-order valence-corrected chi connectivity index (χ4v) is 4.58. The number of aliphatic carboxylic acids is 1. The quantitative estimate of drug-likeness (QED) is 0.520. The molecule has 1 aliphatic rings. The molecule has 7 heteroatoms. The predicted octanol–water partition coefficient (Wildman–Crippen LogP) is 4.01. The number of nitrogens with one attached hydrogen (secondary N) is 1. The van der Waals surface area contributed by atoms with Crippen molar-refractivity contribution in [2.24, 2.45) is 0 Å². The molecule has 2 N–H and O–H groups in total. The zero-order valence-corrected chi connectivity index (χ0v) is 18.0. The van der Waals surface area contributed by atoms with E-state index in [1.807, 2.05) is 41.8 Å². The first-order valence-electron chi connectivity index (χ1n) is 10.9. The molecule has 0 bridgehead atoms. The molecule has 1 aliphatic carbocycles. The normalized spacial score (nSPS) is 16.5. The molecule has 1 heterocycles. The van der Waals surface area contributed by atoms with Gasteiger partial charge in [0.1, 0.15) is 18.5 Å². The largest absolute Gasteiger partial charge is 0.480 e. The van der Waals surface area contributed by atoms with Gasteiger partial charge >= 0.3 is 11.9 Å². The third kappa shape index (κ3) is 4.53. The molecular formula is C25H27FN2O4. The van der Waals surface area contributed by atoms with E-state index in [9.17, 15) is 19.1 Å². The molecule has 168 valence electrons. The number of carboxylic acid groups (broad SMARTS) is 1. The summed E-state index contributed by atoms with van der Waals surface area (Å²) in [7, 11) is 0. The summed E-state index contributed by atoms with van der Waals surface area (Å²) in [6, 6.07) is 13.4. The van der Waals surface area contributed by atoms with Gasteiger partial charge in [-0.25, -0.2) is 9.18 Å². The minimum Gasteiger partial charge on any atom is -0.480 e. The second-order valence-electron chi connectivity index (χ2n) is 8.19. The van der Waals surface area contributed by atoms with Crippen LogP contribution in [0.15, 0.2) is 48.5 Å². The lowest BCUT2D eigenvalue weighted by Gasteiger charge is -2.26. The summed E-state index contributed by atoms with van der Waals surface area (Å²) in [6.07, 6.45) is 2.46. The smallest absolute Gasteiger partial charge is 0.326 e. The average molecular weight is 438 g/mol. The SMILES string of the molecule is CCC(C(=O)O)n1c2c(c3cc(F)ccc31)C[C@@H](NCC(=O)OCc1ccccc1)CC2. The van der Waals surface area contributed by atoms with Crippen molar-refractivity contribution in [3.05, 3.63) is 71.2 Å². The summed E-state index contributed by atoms with van der Waals surface area (Å²) < 4.78 is 21.2. The lowest BCUT2D eigenvalue weighted by atomic mass is 9.91. The summed E-state index contributed by atoms with van der Waals surface area (Å²) >= 11 is 0. The highest BCUT2D eigenvalue weighted by Crippen LogP contribution is 2.36. The van der Waals surface area contributed by atoms with Crippen LogP contribution < -0.4 is 5.32 Å². The Hall–Kier alpha value is -3.19. The molecule has 0 saturated heterocycles. The van der Waals surface area contributed by atoms with Crippen LogP contribution in [0.4, 0.5) is 4.39 Å². The van der Waals surface area contributed by atoms with Crippen molar-refractivity contribution in [1.82, 2.24) is 9.88 Å². The Balaban J connectivity index is 1.48. The highest BCUT2D eigenvalue weighted by atomic mass is 19.1. The second-order valence-corrected chi connectivity index (χ2v) is 8.19. The van der Waals surface area contributed by atoms with Crippen LogP contribution in [0.3, 0.4) is 0 Å². The van der Waals surface area contributed by atoms with Crippen LogP contribution >= 0.6 is 0 Å². The second kappa shape index (κ2) is 9.53. The molecule has 3 aromatic rings. The van der Waals surface area contributed by atoms with Gasteiger partial charge in [-0.2, -0.15) is 0 Å². The minimum atomic E-state index is -0.891. The van der Waals surface area contributed by atoms with E-state index in [4.69, 9.17) is 4.74 Å². The summed E-state index contributed by atoms with van der Waals surface area (Å²) in [6.45, 7) is 2.16. The first-order chi connectivity index (χ1) is 15.5. The van der Waals surface area contributed by atoms with Crippen LogP contribution in [0, 0.1) is 5.82 Å². The number of benzene rings is 2. The van der Waals surface area contributed by atoms with E-state index in [0.717, 1.165) is 34.1 Å². The number of carbonyl (C=O) groups is 2. The number of fused-ring (bicyclic) bond motifs is 3. The fraction of sp³-hybridized carbons (Fsp3) is 0.360. The Morgan fingerprint density at radius 1 is 1.25 bits per heavy atom. The van der Waals surface area contributed by atoms with Gasteiger partial charge in [0.15, 0.2) is 0 Å². The molecule has 0 radical (unpaired) electrons. The maximum Gasteiger partial charge on any atom is 0.326 e. The van der Waals surface area contributed by atoms with Gasteiger partial charge in [-0.05, 0) is 55.0 Å². The fourth-order valence-electron chi connectivity index (χ4n) is 4.58. The van der Waals surface area contributed by atoms with E-state index in [1.54, 1.807) is 6.07 Å². The van der Waals surface area contributed by atoms with Gasteiger partial charge in [0.05, 0.1) is 6.54 Å². The summed E-state index contributed by atoms with van der Waals surface area (Å²) in [4.78, 5) is 24.0. The van der Waals surface area contributed by atoms with E-state index in [-0.39, 0.29) is 31.0 Å². The lowest BCUT2D eigenvalue weighted by molar-refractivity contribution is -0.144. The van der Waals surface area contributed by atoms with Crippen LogP contribution in [0.25, 0.3) is 10.9 Å². The third-order valence-corrected chi connectivity index (χ3v) is 6.12. The standard InChI is InChI=1S/C25H27FN2O4/c1-2-21(25(30)31)28-22-10-8-17(26)12-19(22)20-13-18(9-11-23(20)28)27-14-24(29)32-15-16-6-4-3-5-7-16/h3-8,10,12,18,21,27H,2,9,11,13-15H2,1H3,(H,30,31)/t18-,21?/m0/s1. The number of carbonyl (C=O) groups excluding carboxylic acids is 1. The molecule has 6 nitrogen and oxygen atoms in total. The number of esters is 1. The number of aromatic nitrogens is 1. The van der Waals surface area contributed by atoms with Crippen LogP contribution in [0.2, 0.25) is 0 Å². The van der Waals surface area contributed by atoms with Gasteiger partial charge < -0.3 is 19.7 Å². The number of hydrogen-bond acceptors (Lipinski definition) is 4. The lowest BCUT2D eigenvalue weighted by Crippen LogP contribution is -2.38. The van der Waals surface area contributed by atoms with Gasteiger partial charge in [0.2, 0.25) is 0 Å². The first-order valence-corrected chi connectivity index (χ1v) is 10.9. The summed E-state index contributed by atoms with van der Waals surface area (Å²) in [5.74, 6) is -1.57. The molecule has 0 amide bonds. The Labute approximate surface area is 186 Å². The number of ether oxygens (including phenoxy) is 1. The van der Waals surface area contributed by atoms with Crippen molar-refractivity contribution in [3.63, 3.8) is 0 Å². The van der Waals surface area contributed by atoms with E-state index in [0.29, 0.717) is 19.3 Å². The highest BCUT2D eigenvalue weighted by Gasteiger charge is 2.30. The summed E-state index contributed by atoms with van der Waals surface area (Å²) in [5, 5.41) is 13.7. The zero-order valence-electron chi connectivity index (χ0n) is 18.0. The molecule has 2 atom stereocenters. The van der Waals surface area contributed by atoms with Crippen molar-refractivity contribution < 1.29 is 23.8 Å². The molecule has 0 saturated carbocycles. The van der Waals surface area contributed by atoms with Gasteiger partial charge in [0.25, 0.3) is 0 Å². The van der Waals surface area contributed by atoms with Gasteiger partial charge in [-0.1, -0.05) is 37.3 Å². The minimum absolute atomic E-state index is 0.0268. The molecule has 0 fully saturated rings. The van der Waals surface area contributed by atoms with Gasteiger partial charge in [0, 0.05) is 22.6 Å². The van der Waals surface area contributed by atoms with Crippen molar-refractivity contribution in [2.75, 3.05) is 6.54 Å². The maximum absolute atomic E-state index is 14.0. The molecule has 4 rings (SSSR count). The molecule has 1 unspecified atom stereocenters. The van der Waals surface area contributed by atoms with Crippen LogP contribution in [-0.4, -0.2) is 34.2 Å². The van der Waals surface area contributed by atoms with Crippen molar-refractivity contribution in [2.45, 2.75) is 51.3 Å². The molecule has 0 aliphatic heterocycles. The van der Waals surface area contributed by atoms with Gasteiger partial charge in [-0.15, -0.1) is 0 Å². The summed E-state index contributed by atoms with van der Waals surface area (Å²) in [5.41, 5.74) is 3.58. The van der Waals surface area contributed by atoms with Crippen LogP contribution in [0.5, 0.6) is 0 Å². The number of nitrogens with zero attached hydrogens (tertiary/aromatic N) is 1. The third-order valence-electron chi connectivity index (χ3n) is 6.12. The Morgan fingerprint density at radius 2 is 2.03 bits per heavy atom.